The largest absolute Gasteiger partial charge is 0.256 e. The molecule has 1 aliphatic rings. The number of fused-ring (bicyclic) bond motifs is 1. The molecule has 96 valence electrons. The number of sulfone groups is 1. The summed E-state index contributed by atoms with van der Waals surface area (Å²) in [6.07, 6.45) is 4.27. The number of aromatic nitrogens is 2. The first-order valence-corrected chi connectivity index (χ1v) is 7.28. The van der Waals surface area contributed by atoms with Crippen molar-refractivity contribution in [2.45, 2.75) is 17.1 Å². The van der Waals surface area contributed by atoms with Gasteiger partial charge in [0.2, 0.25) is 0 Å². The van der Waals surface area contributed by atoms with Crippen LogP contribution in [0.3, 0.4) is 0 Å². The van der Waals surface area contributed by atoms with Crippen LogP contribution in [-0.2, 0) is 9.84 Å². The van der Waals surface area contributed by atoms with E-state index in [4.69, 9.17) is 0 Å². The molecule has 0 saturated carbocycles. The molecular formula is C13H11N3O2S. The van der Waals surface area contributed by atoms with E-state index in [1.165, 1.54) is 18.7 Å². The summed E-state index contributed by atoms with van der Waals surface area (Å²) in [6, 6.07) is 6.77. The zero-order valence-corrected chi connectivity index (χ0v) is 11.0. The minimum atomic E-state index is -3.51. The van der Waals surface area contributed by atoms with Gasteiger partial charge >= 0.3 is 0 Å². The first kappa shape index (κ1) is 12.0. The Morgan fingerprint density at radius 2 is 1.89 bits per heavy atom. The van der Waals surface area contributed by atoms with Gasteiger partial charge in [-0.15, -0.1) is 0 Å². The maximum absolute atomic E-state index is 12.6. The Hall–Kier alpha value is -2.08. The Balaban J connectivity index is 2.08. The minimum Gasteiger partial charge on any atom is -0.256 e. The highest BCUT2D eigenvalue weighted by Crippen LogP contribution is 2.35. The zero-order chi connectivity index (χ0) is 13.5. The van der Waals surface area contributed by atoms with Crippen LogP contribution >= 0.6 is 0 Å². The third-order valence-corrected chi connectivity index (χ3v) is 4.97. The Morgan fingerprint density at radius 1 is 1.16 bits per heavy atom. The highest BCUT2D eigenvalue weighted by molar-refractivity contribution is 7.92. The Kier molecular flexibility index (Phi) is 2.67. The van der Waals surface area contributed by atoms with Crippen molar-refractivity contribution >= 4 is 21.7 Å². The van der Waals surface area contributed by atoms with Crippen LogP contribution in [0.25, 0.3) is 0 Å². The third kappa shape index (κ3) is 1.94. The van der Waals surface area contributed by atoms with E-state index in [1.807, 2.05) is 6.92 Å². The third-order valence-electron chi connectivity index (χ3n) is 3.03. The molecule has 5 nitrogen and oxygen atoms in total. The molecule has 0 fully saturated rings. The van der Waals surface area contributed by atoms with E-state index in [2.05, 4.69) is 15.0 Å². The fraction of sp³-hybridized carbons (Fsp3) is 0.154. The van der Waals surface area contributed by atoms with Crippen molar-refractivity contribution in [1.82, 2.24) is 9.97 Å². The number of rotatable bonds is 2. The van der Waals surface area contributed by atoms with E-state index in [1.54, 1.807) is 24.3 Å². The van der Waals surface area contributed by atoms with Crippen molar-refractivity contribution in [1.29, 1.82) is 0 Å². The second kappa shape index (κ2) is 4.24. The molecule has 0 saturated heterocycles. The SMILES string of the molecule is Cc1ccc(S(=O)(=O)C2C=Nc3cncnc32)cc1. The van der Waals surface area contributed by atoms with Crippen molar-refractivity contribution in [3.8, 4) is 0 Å². The lowest BCUT2D eigenvalue weighted by Crippen LogP contribution is -2.14. The van der Waals surface area contributed by atoms with Gasteiger partial charge in [0, 0.05) is 6.21 Å². The van der Waals surface area contributed by atoms with Crippen molar-refractivity contribution in [2.75, 3.05) is 0 Å². The normalized spacial score (nSPS) is 17.4. The highest BCUT2D eigenvalue weighted by atomic mass is 32.2. The minimum absolute atomic E-state index is 0.279. The number of hydrogen-bond donors (Lipinski definition) is 0. The van der Waals surface area contributed by atoms with Gasteiger partial charge in [-0.3, -0.25) is 4.99 Å². The Morgan fingerprint density at radius 3 is 2.63 bits per heavy atom. The average Bonchev–Trinajstić information content (AvgIpc) is 2.83. The standard InChI is InChI=1S/C13H11N3O2S/c1-9-2-4-10(5-3-9)19(17,18)12-7-15-11-6-14-8-16-13(11)12/h2-8,12H,1H3. The monoisotopic (exact) mass is 273 g/mol. The van der Waals surface area contributed by atoms with E-state index in [0.29, 0.717) is 11.4 Å². The van der Waals surface area contributed by atoms with Gasteiger partial charge in [0.1, 0.15) is 17.3 Å². The number of benzene rings is 1. The molecule has 0 amide bonds. The summed E-state index contributed by atoms with van der Waals surface area (Å²) in [7, 11) is -3.51. The van der Waals surface area contributed by atoms with Gasteiger partial charge in [0.15, 0.2) is 9.84 Å². The summed E-state index contributed by atoms with van der Waals surface area (Å²) in [5, 5.41) is -0.826. The van der Waals surface area contributed by atoms with Crippen molar-refractivity contribution in [3.05, 3.63) is 48.0 Å². The first-order valence-electron chi connectivity index (χ1n) is 5.74. The summed E-state index contributed by atoms with van der Waals surface area (Å²) in [5.74, 6) is 0. The predicted octanol–water partition coefficient (Wildman–Crippen LogP) is 2.02. The smallest absolute Gasteiger partial charge is 0.192 e. The maximum Gasteiger partial charge on any atom is 0.192 e. The molecule has 0 N–H and O–H groups in total. The number of hydrogen-bond acceptors (Lipinski definition) is 5. The van der Waals surface area contributed by atoms with Crippen LogP contribution in [0.15, 0.2) is 46.7 Å². The van der Waals surface area contributed by atoms with Crippen molar-refractivity contribution in [2.24, 2.45) is 4.99 Å². The Labute approximate surface area is 111 Å². The highest BCUT2D eigenvalue weighted by Gasteiger charge is 2.33. The molecule has 19 heavy (non-hydrogen) atoms. The quantitative estimate of drug-likeness (QED) is 0.839. The molecule has 1 aromatic heterocycles. The molecule has 0 radical (unpaired) electrons. The number of nitrogens with zero attached hydrogens (tertiary/aromatic N) is 3. The molecule has 1 aromatic carbocycles. The fourth-order valence-electron chi connectivity index (χ4n) is 1.97. The van der Waals surface area contributed by atoms with Crippen molar-refractivity contribution in [3.63, 3.8) is 0 Å². The summed E-state index contributed by atoms with van der Waals surface area (Å²) in [4.78, 5) is 12.2. The first-order chi connectivity index (χ1) is 9.09. The molecule has 3 rings (SSSR count). The molecule has 1 unspecified atom stereocenters. The number of aliphatic imine (C=N–C) groups is 1. The van der Waals surface area contributed by atoms with E-state index in [0.717, 1.165) is 5.56 Å². The van der Waals surface area contributed by atoms with Gasteiger partial charge < -0.3 is 0 Å². The summed E-state index contributed by atoms with van der Waals surface area (Å²) in [6.45, 7) is 1.91. The molecule has 0 bridgehead atoms. The van der Waals surface area contributed by atoms with Gasteiger partial charge in [-0.05, 0) is 19.1 Å². The van der Waals surface area contributed by atoms with Crippen LogP contribution in [0.4, 0.5) is 5.69 Å². The molecule has 2 heterocycles. The predicted molar refractivity (Wildman–Crippen MR) is 71.3 cm³/mol. The van der Waals surface area contributed by atoms with Gasteiger partial charge in [0.05, 0.1) is 16.8 Å². The zero-order valence-electron chi connectivity index (χ0n) is 10.2. The van der Waals surface area contributed by atoms with E-state index < -0.39 is 15.1 Å². The second-order valence-electron chi connectivity index (χ2n) is 4.35. The fourth-order valence-corrected chi connectivity index (χ4v) is 3.48. The van der Waals surface area contributed by atoms with E-state index in [-0.39, 0.29) is 4.90 Å². The van der Waals surface area contributed by atoms with Crippen LogP contribution in [0.5, 0.6) is 0 Å². The Bertz CT molecular complexity index is 752. The maximum atomic E-state index is 12.6. The molecule has 1 atom stereocenters. The van der Waals surface area contributed by atoms with Crippen LogP contribution in [0, 0.1) is 6.92 Å². The van der Waals surface area contributed by atoms with Crippen molar-refractivity contribution < 1.29 is 8.42 Å². The number of aryl methyl sites for hydroxylation is 1. The lowest BCUT2D eigenvalue weighted by atomic mass is 10.2. The second-order valence-corrected chi connectivity index (χ2v) is 6.42. The molecular weight excluding hydrogens is 262 g/mol. The summed E-state index contributed by atoms with van der Waals surface area (Å²) < 4.78 is 25.1. The van der Waals surface area contributed by atoms with Crippen LogP contribution in [0.2, 0.25) is 0 Å². The lowest BCUT2D eigenvalue weighted by molar-refractivity contribution is 0.592. The van der Waals surface area contributed by atoms with Gasteiger partial charge in [-0.25, -0.2) is 18.4 Å². The van der Waals surface area contributed by atoms with Crippen LogP contribution in [0.1, 0.15) is 16.5 Å². The summed E-state index contributed by atoms with van der Waals surface area (Å²) >= 11 is 0. The topological polar surface area (TPSA) is 72.3 Å². The van der Waals surface area contributed by atoms with Gasteiger partial charge in [0.25, 0.3) is 0 Å². The van der Waals surface area contributed by atoms with E-state index in [9.17, 15) is 8.42 Å². The van der Waals surface area contributed by atoms with Gasteiger partial charge in [-0.2, -0.15) is 0 Å². The van der Waals surface area contributed by atoms with Gasteiger partial charge in [-0.1, -0.05) is 17.7 Å². The molecule has 0 aliphatic carbocycles. The molecule has 6 heteroatoms. The molecule has 2 aromatic rings. The van der Waals surface area contributed by atoms with Crippen LogP contribution < -0.4 is 0 Å². The van der Waals surface area contributed by atoms with E-state index >= 15 is 0 Å². The lowest BCUT2D eigenvalue weighted by Gasteiger charge is -2.10. The average molecular weight is 273 g/mol. The molecule has 0 spiro atoms. The molecule has 1 aliphatic heterocycles. The van der Waals surface area contributed by atoms with Crippen LogP contribution in [-0.4, -0.2) is 24.6 Å². The summed E-state index contributed by atoms with van der Waals surface area (Å²) in [5.41, 5.74) is 1.97.